The topological polar surface area (TPSA) is 108 Å². The second-order valence-corrected chi connectivity index (χ2v) is 12.5. The number of nitrogens with zero attached hydrogens (tertiary/aromatic N) is 1. The molecule has 2 unspecified atom stereocenters. The van der Waals surface area contributed by atoms with Crippen LogP contribution in [0.2, 0.25) is 5.02 Å². The minimum absolute atomic E-state index is 0.0915. The maximum atomic E-state index is 14.6. The molecule has 8 nitrogen and oxygen atoms in total. The number of aromatic hydroxyl groups is 1. The number of carbonyl (C=O) groups is 3. The number of nitrogens with one attached hydrogen (secondary N) is 2. The molecular formula is C34H40ClN3O5. The summed E-state index contributed by atoms with van der Waals surface area (Å²) in [5.41, 5.74) is 2.83. The molecule has 43 heavy (non-hydrogen) atoms. The number of halogens is 1. The second-order valence-electron chi connectivity index (χ2n) is 12.1. The standard InChI is InChI=1S/C34H40ClN3O5/c1-21-9-6-11-24(19-21)30(31(40)37-29-22(2)10-7-14-27(29)35)38(25-12-8-13-25)32(41)28(36-33(42)43-34(3,4)5)20-23-15-17-26(39)18-16-23/h6-7,9-11,14-19,25,28,30,39H,8,12-13,20H2,1-5H3,(H,36,42)(H,37,40). The minimum atomic E-state index is -1.04. The Morgan fingerprint density at radius 1 is 1.02 bits per heavy atom. The number of amides is 3. The van der Waals surface area contributed by atoms with E-state index in [1.807, 2.05) is 50.2 Å². The maximum absolute atomic E-state index is 14.6. The van der Waals surface area contributed by atoms with E-state index < -0.39 is 35.6 Å². The van der Waals surface area contributed by atoms with Gasteiger partial charge < -0.3 is 25.4 Å². The summed E-state index contributed by atoms with van der Waals surface area (Å²) in [6.07, 6.45) is 1.77. The van der Waals surface area contributed by atoms with Crippen molar-refractivity contribution in [1.82, 2.24) is 10.2 Å². The molecule has 3 aromatic rings. The molecule has 9 heteroatoms. The molecule has 0 spiro atoms. The molecule has 3 N–H and O–H groups in total. The number of alkyl carbamates (subject to hydrolysis) is 1. The third kappa shape index (κ3) is 8.29. The van der Waals surface area contributed by atoms with Gasteiger partial charge in [-0.1, -0.05) is 65.7 Å². The van der Waals surface area contributed by atoms with Gasteiger partial charge in [-0.15, -0.1) is 0 Å². The third-order valence-electron chi connectivity index (χ3n) is 7.44. The average Bonchev–Trinajstić information content (AvgIpc) is 2.89. The first kappa shape index (κ1) is 31.9. The zero-order chi connectivity index (χ0) is 31.3. The van der Waals surface area contributed by atoms with Crippen molar-refractivity contribution in [3.8, 4) is 5.75 Å². The number of hydrogen-bond acceptors (Lipinski definition) is 5. The van der Waals surface area contributed by atoms with E-state index in [4.69, 9.17) is 16.3 Å². The lowest BCUT2D eigenvalue weighted by Gasteiger charge is -2.43. The van der Waals surface area contributed by atoms with Crippen molar-refractivity contribution in [3.05, 3.63) is 94.0 Å². The van der Waals surface area contributed by atoms with Crippen molar-refractivity contribution in [3.63, 3.8) is 0 Å². The van der Waals surface area contributed by atoms with E-state index in [0.717, 1.165) is 36.0 Å². The molecule has 0 aromatic heterocycles. The lowest BCUT2D eigenvalue weighted by molar-refractivity contribution is -0.145. The van der Waals surface area contributed by atoms with Crippen LogP contribution < -0.4 is 10.6 Å². The van der Waals surface area contributed by atoms with Crippen LogP contribution in [0.4, 0.5) is 10.5 Å². The van der Waals surface area contributed by atoms with Gasteiger partial charge in [-0.3, -0.25) is 9.59 Å². The third-order valence-corrected chi connectivity index (χ3v) is 7.76. The zero-order valence-electron chi connectivity index (χ0n) is 25.3. The summed E-state index contributed by atoms with van der Waals surface area (Å²) in [4.78, 5) is 43.5. The van der Waals surface area contributed by atoms with Crippen LogP contribution in [0.5, 0.6) is 5.75 Å². The molecule has 0 saturated heterocycles. The highest BCUT2D eigenvalue weighted by atomic mass is 35.5. The van der Waals surface area contributed by atoms with Gasteiger partial charge in [0.1, 0.15) is 23.4 Å². The highest BCUT2D eigenvalue weighted by Crippen LogP contribution is 2.36. The number of carbonyl (C=O) groups excluding carboxylic acids is 3. The largest absolute Gasteiger partial charge is 0.508 e. The lowest BCUT2D eigenvalue weighted by atomic mass is 9.87. The van der Waals surface area contributed by atoms with Gasteiger partial charge >= 0.3 is 6.09 Å². The van der Waals surface area contributed by atoms with Crippen molar-refractivity contribution in [2.24, 2.45) is 0 Å². The zero-order valence-corrected chi connectivity index (χ0v) is 26.1. The van der Waals surface area contributed by atoms with Crippen LogP contribution in [0, 0.1) is 13.8 Å². The molecule has 0 aliphatic heterocycles. The molecule has 2 atom stereocenters. The van der Waals surface area contributed by atoms with Gasteiger partial charge in [0, 0.05) is 12.5 Å². The Balaban J connectivity index is 1.77. The molecule has 1 saturated carbocycles. The molecule has 1 fully saturated rings. The first-order valence-electron chi connectivity index (χ1n) is 14.5. The van der Waals surface area contributed by atoms with Crippen molar-refractivity contribution in [2.75, 3.05) is 5.32 Å². The summed E-state index contributed by atoms with van der Waals surface area (Å²) in [5, 5.41) is 16.0. The Morgan fingerprint density at radius 2 is 1.70 bits per heavy atom. The monoisotopic (exact) mass is 605 g/mol. The Morgan fingerprint density at radius 3 is 2.28 bits per heavy atom. The van der Waals surface area contributed by atoms with Crippen LogP contribution in [-0.2, 0) is 20.7 Å². The maximum Gasteiger partial charge on any atom is 0.408 e. The average molecular weight is 606 g/mol. The molecule has 4 rings (SSSR count). The van der Waals surface area contributed by atoms with Crippen molar-refractivity contribution < 1.29 is 24.2 Å². The number of rotatable bonds is 9. The fourth-order valence-corrected chi connectivity index (χ4v) is 5.41. The van der Waals surface area contributed by atoms with Gasteiger partial charge in [-0.25, -0.2) is 4.79 Å². The van der Waals surface area contributed by atoms with Crippen LogP contribution in [0.15, 0.2) is 66.7 Å². The smallest absolute Gasteiger partial charge is 0.408 e. The first-order chi connectivity index (χ1) is 20.3. The Hall–Kier alpha value is -4.04. The summed E-state index contributed by atoms with van der Waals surface area (Å²) in [6, 6.07) is 17.1. The number of phenolic OH excluding ortho intramolecular Hbond substituents is 1. The predicted octanol–water partition coefficient (Wildman–Crippen LogP) is 6.86. The quantitative estimate of drug-likeness (QED) is 0.247. The number of hydrogen-bond donors (Lipinski definition) is 3. The van der Waals surface area contributed by atoms with E-state index in [1.54, 1.807) is 43.9 Å². The Labute approximate surface area is 258 Å². The number of phenols is 1. The molecule has 1 aliphatic rings. The van der Waals surface area contributed by atoms with Crippen LogP contribution >= 0.6 is 11.6 Å². The Bertz CT molecular complexity index is 1440. The summed E-state index contributed by atoms with van der Waals surface area (Å²) >= 11 is 6.48. The molecule has 1 aliphatic carbocycles. The van der Waals surface area contributed by atoms with Crippen molar-refractivity contribution in [2.45, 2.75) is 84.0 Å². The Kier molecular flexibility index (Phi) is 10.0. The first-order valence-corrected chi connectivity index (χ1v) is 14.9. The van der Waals surface area contributed by atoms with Gasteiger partial charge in [0.2, 0.25) is 5.91 Å². The highest BCUT2D eigenvalue weighted by molar-refractivity contribution is 6.34. The van der Waals surface area contributed by atoms with E-state index in [1.165, 1.54) is 12.1 Å². The number of benzene rings is 3. The van der Waals surface area contributed by atoms with Gasteiger partial charge in [0.15, 0.2) is 0 Å². The normalized spacial score (nSPS) is 14.7. The molecule has 3 amide bonds. The summed E-state index contributed by atoms with van der Waals surface area (Å²) in [7, 11) is 0. The number of para-hydroxylation sites is 1. The van der Waals surface area contributed by atoms with Gasteiger partial charge in [-0.2, -0.15) is 0 Å². The van der Waals surface area contributed by atoms with Gasteiger partial charge in [-0.05, 0) is 88.8 Å². The number of ether oxygens (including phenoxy) is 1. The van der Waals surface area contributed by atoms with E-state index >= 15 is 0 Å². The molecular weight excluding hydrogens is 566 g/mol. The van der Waals surface area contributed by atoms with E-state index in [2.05, 4.69) is 10.6 Å². The van der Waals surface area contributed by atoms with Crippen LogP contribution in [0.1, 0.15) is 68.3 Å². The molecule has 3 aromatic carbocycles. The molecule has 0 radical (unpaired) electrons. The van der Waals surface area contributed by atoms with E-state index in [0.29, 0.717) is 16.3 Å². The van der Waals surface area contributed by atoms with Crippen molar-refractivity contribution >= 4 is 35.2 Å². The summed E-state index contributed by atoms with van der Waals surface area (Å²) in [5.74, 6) is -0.710. The van der Waals surface area contributed by atoms with Gasteiger partial charge in [0.05, 0.1) is 10.7 Å². The highest BCUT2D eigenvalue weighted by Gasteiger charge is 2.42. The summed E-state index contributed by atoms with van der Waals surface area (Å²) in [6.45, 7) is 9.04. The molecule has 0 bridgehead atoms. The molecule has 0 heterocycles. The summed E-state index contributed by atoms with van der Waals surface area (Å²) < 4.78 is 5.51. The number of aryl methyl sites for hydroxylation is 2. The predicted molar refractivity (Wildman–Crippen MR) is 168 cm³/mol. The van der Waals surface area contributed by atoms with Crippen LogP contribution in [-0.4, -0.2) is 45.6 Å². The van der Waals surface area contributed by atoms with Gasteiger partial charge in [0.25, 0.3) is 5.91 Å². The van der Waals surface area contributed by atoms with E-state index in [9.17, 15) is 19.5 Å². The number of anilines is 1. The lowest BCUT2D eigenvalue weighted by Crippen LogP contribution is -2.57. The SMILES string of the molecule is Cc1cccc(C(C(=O)Nc2c(C)cccc2Cl)N(C(=O)C(Cc2ccc(O)cc2)NC(=O)OC(C)(C)C)C2CCC2)c1. The van der Waals surface area contributed by atoms with Crippen molar-refractivity contribution in [1.29, 1.82) is 0 Å². The van der Waals surface area contributed by atoms with Crippen LogP contribution in [0.3, 0.4) is 0 Å². The van der Waals surface area contributed by atoms with Crippen LogP contribution in [0.25, 0.3) is 0 Å². The fraction of sp³-hybridized carbons (Fsp3) is 0.382. The second kappa shape index (κ2) is 13.5. The van der Waals surface area contributed by atoms with E-state index in [-0.39, 0.29) is 18.2 Å². The molecule has 228 valence electrons. The fourth-order valence-electron chi connectivity index (χ4n) is 5.14. The minimum Gasteiger partial charge on any atom is -0.508 e.